The summed E-state index contributed by atoms with van der Waals surface area (Å²) in [5, 5.41) is 1.39. The highest BCUT2D eigenvalue weighted by atomic mass is 35.5. The number of carbonyl (C=O) groups is 1. The predicted molar refractivity (Wildman–Crippen MR) is 122 cm³/mol. The zero-order chi connectivity index (χ0) is 21.7. The number of nitrogens with two attached hydrogens (primary N) is 1. The molecular weight excluding hydrogens is 400 g/mol. The number of hydrogen-bond acceptors (Lipinski definition) is 4. The summed E-state index contributed by atoms with van der Waals surface area (Å²) in [5.74, 6) is 0.459. The van der Waals surface area contributed by atoms with Crippen molar-refractivity contribution in [2.45, 2.75) is 45.6 Å². The molecular formula is C24H29ClN2O3. The molecule has 3 rings (SSSR count). The average Bonchev–Trinajstić information content (AvgIpc) is 3.09. The molecule has 3 aromatic rings. The Balaban J connectivity index is 1.81. The number of halogens is 1. The number of esters is 1. The van der Waals surface area contributed by atoms with Crippen LogP contribution < -0.4 is 10.5 Å². The molecule has 0 saturated carbocycles. The number of aromatic amines is 1. The molecule has 0 aliphatic carbocycles. The lowest BCUT2D eigenvalue weighted by molar-refractivity contribution is 0.00719. The van der Waals surface area contributed by atoms with E-state index in [9.17, 15) is 4.79 Å². The van der Waals surface area contributed by atoms with E-state index >= 15 is 0 Å². The average molecular weight is 429 g/mol. The first-order valence-corrected chi connectivity index (χ1v) is 10.6. The van der Waals surface area contributed by atoms with Crippen molar-refractivity contribution in [2.24, 2.45) is 5.73 Å². The molecule has 5 nitrogen and oxygen atoms in total. The first kappa shape index (κ1) is 22.2. The van der Waals surface area contributed by atoms with Gasteiger partial charge in [0.25, 0.3) is 0 Å². The van der Waals surface area contributed by atoms with Gasteiger partial charge in [-0.1, -0.05) is 23.7 Å². The maximum atomic E-state index is 12.6. The molecule has 0 aliphatic rings. The molecule has 2 aromatic carbocycles. The van der Waals surface area contributed by atoms with Crippen LogP contribution in [-0.2, 0) is 4.74 Å². The van der Waals surface area contributed by atoms with Crippen molar-refractivity contribution in [1.29, 1.82) is 0 Å². The van der Waals surface area contributed by atoms with Gasteiger partial charge < -0.3 is 20.2 Å². The topological polar surface area (TPSA) is 77.3 Å². The summed E-state index contributed by atoms with van der Waals surface area (Å²) in [7, 11) is 0. The van der Waals surface area contributed by atoms with Gasteiger partial charge >= 0.3 is 5.97 Å². The molecule has 1 aromatic heterocycles. The van der Waals surface area contributed by atoms with Crippen LogP contribution in [0.5, 0.6) is 5.75 Å². The summed E-state index contributed by atoms with van der Waals surface area (Å²) in [5.41, 5.74) is 8.04. The Bertz CT molecular complexity index is 1000. The van der Waals surface area contributed by atoms with Crippen molar-refractivity contribution < 1.29 is 14.3 Å². The number of carbonyl (C=O) groups excluding carboxylic acids is 1. The number of benzene rings is 2. The molecule has 0 unspecified atom stereocenters. The van der Waals surface area contributed by atoms with Crippen LogP contribution in [0.25, 0.3) is 22.0 Å². The number of unbranched alkanes of at least 4 members (excludes halogenated alkanes) is 2. The number of H-pyrrole nitrogens is 1. The first-order valence-electron chi connectivity index (χ1n) is 10.3. The highest BCUT2D eigenvalue weighted by molar-refractivity contribution is 6.34. The summed E-state index contributed by atoms with van der Waals surface area (Å²) in [4.78, 5) is 15.7. The Kier molecular flexibility index (Phi) is 7.06. The van der Waals surface area contributed by atoms with Crippen molar-refractivity contribution in [3.05, 3.63) is 53.2 Å². The minimum atomic E-state index is -0.559. The number of nitrogens with one attached hydrogen (secondary N) is 1. The van der Waals surface area contributed by atoms with Crippen LogP contribution in [0, 0.1) is 0 Å². The van der Waals surface area contributed by atoms with Crippen molar-refractivity contribution in [2.75, 3.05) is 13.2 Å². The first-order chi connectivity index (χ1) is 14.3. The third-order valence-electron chi connectivity index (χ3n) is 4.67. The number of ether oxygens (including phenoxy) is 2. The lowest BCUT2D eigenvalue weighted by Crippen LogP contribution is -2.23. The van der Waals surface area contributed by atoms with Crippen molar-refractivity contribution in [3.63, 3.8) is 0 Å². The third kappa shape index (κ3) is 5.55. The van der Waals surface area contributed by atoms with Crippen molar-refractivity contribution in [3.8, 4) is 16.9 Å². The van der Waals surface area contributed by atoms with Gasteiger partial charge in [0.1, 0.15) is 11.4 Å². The van der Waals surface area contributed by atoms with Crippen LogP contribution >= 0.6 is 11.6 Å². The fourth-order valence-electron chi connectivity index (χ4n) is 3.21. The van der Waals surface area contributed by atoms with Crippen LogP contribution in [-0.4, -0.2) is 29.7 Å². The molecule has 160 valence electrons. The van der Waals surface area contributed by atoms with E-state index in [-0.39, 0.29) is 5.97 Å². The van der Waals surface area contributed by atoms with Gasteiger partial charge in [-0.25, -0.2) is 4.79 Å². The van der Waals surface area contributed by atoms with Gasteiger partial charge in [-0.3, -0.25) is 0 Å². The van der Waals surface area contributed by atoms with Crippen LogP contribution in [0.15, 0.2) is 42.6 Å². The molecule has 30 heavy (non-hydrogen) atoms. The summed E-state index contributed by atoms with van der Waals surface area (Å²) >= 11 is 6.53. The maximum absolute atomic E-state index is 12.6. The van der Waals surface area contributed by atoms with Gasteiger partial charge in [-0.05, 0) is 76.4 Å². The lowest BCUT2D eigenvalue weighted by Gasteiger charge is -2.19. The predicted octanol–water partition coefficient (Wildman–Crippen LogP) is 5.95. The number of fused-ring (bicyclic) bond motifs is 1. The number of hydrogen-bond donors (Lipinski definition) is 2. The second kappa shape index (κ2) is 9.54. The third-order valence-corrected chi connectivity index (χ3v) is 4.98. The van der Waals surface area contributed by atoms with E-state index in [1.165, 1.54) is 0 Å². The molecule has 0 fully saturated rings. The quantitative estimate of drug-likeness (QED) is 0.343. The lowest BCUT2D eigenvalue weighted by atomic mass is 10.0. The van der Waals surface area contributed by atoms with Crippen molar-refractivity contribution in [1.82, 2.24) is 4.98 Å². The fraction of sp³-hybridized carbons (Fsp3) is 0.375. The van der Waals surface area contributed by atoms with Crippen LogP contribution in [0.3, 0.4) is 0 Å². The molecule has 1 heterocycles. The van der Waals surface area contributed by atoms with Gasteiger partial charge in [0, 0.05) is 22.7 Å². The molecule has 6 heteroatoms. The molecule has 0 saturated heterocycles. The van der Waals surface area contributed by atoms with E-state index in [0.717, 1.165) is 53.6 Å². The van der Waals surface area contributed by atoms with Gasteiger partial charge in [0.15, 0.2) is 0 Å². The Morgan fingerprint density at radius 1 is 1.10 bits per heavy atom. The monoisotopic (exact) mass is 428 g/mol. The van der Waals surface area contributed by atoms with E-state index in [2.05, 4.69) is 4.98 Å². The molecule has 0 radical (unpaired) electrons. The highest BCUT2D eigenvalue weighted by Crippen LogP contribution is 2.34. The molecule has 0 amide bonds. The second-order valence-electron chi connectivity index (χ2n) is 8.30. The van der Waals surface area contributed by atoms with E-state index in [1.807, 2.05) is 57.2 Å². The molecule has 0 spiro atoms. The Labute approximate surface area is 182 Å². The Hall–Kier alpha value is -2.50. The van der Waals surface area contributed by atoms with Crippen LogP contribution in [0.1, 0.15) is 50.4 Å². The van der Waals surface area contributed by atoms with E-state index in [0.29, 0.717) is 17.2 Å². The normalized spacial score (nSPS) is 11.6. The summed E-state index contributed by atoms with van der Waals surface area (Å²) < 4.78 is 11.3. The minimum Gasteiger partial charge on any atom is -0.494 e. The van der Waals surface area contributed by atoms with E-state index in [4.69, 9.17) is 26.8 Å². The zero-order valence-electron chi connectivity index (χ0n) is 17.8. The minimum absolute atomic E-state index is 0.361. The Morgan fingerprint density at radius 3 is 2.50 bits per heavy atom. The fourth-order valence-corrected chi connectivity index (χ4v) is 3.48. The molecule has 3 N–H and O–H groups in total. The molecule has 0 aliphatic heterocycles. The summed E-state index contributed by atoms with van der Waals surface area (Å²) in [6.07, 6.45) is 4.75. The van der Waals surface area contributed by atoms with Gasteiger partial charge in [0.05, 0.1) is 17.2 Å². The number of aromatic nitrogens is 1. The second-order valence-corrected chi connectivity index (χ2v) is 8.71. The zero-order valence-corrected chi connectivity index (χ0v) is 18.5. The van der Waals surface area contributed by atoms with Crippen LogP contribution in [0.2, 0.25) is 5.02 Å². The Morgan fingerprint density at radius 2 is 1.83 bits per heavy atom. The van der Waals surface area contributed by atoms with Crippen molar-refractivity contribution >= 4 is 28.5 Å². The maximum Gasteiger partial charge on any atom is 0.340 e. The SMILES string of the molecule is CC(C)(C)OC(=O)c1c[nH]c2cc(Cl)c(-c3ccc(OCCCCCN)cc3)cc12. The van der Waals surface area contributed by atoms with Crippen LogP contribution in [0.4, 0.5) is 0 Å². The van der Waals surface area contributed by atoms with E-state index in [1.54, 1.807) is 6.20 Å². The summed E-state index contributed by atoms with van der Waals surface area (Å²) in [6.45, 7) is 6.95. The largest absolute Gasteiger partial charge is 0.494 e. The summed E-state index contributed by atoms with van der Waals surface area (Å²) in [6, 6.07) is 11.6. The standard InChI is InChI=1S/C24H29ClN2O3/c1-24(2,3)30-23(28)20-15-27-22-14-21(25)18(13-19(20)22)16-7-9-17(10-8-16)29-12-6-4-5-11-26/h7-10,13-15,27H,4-6,11-12,26H2,1-3H3. The van der Waals surface area contributed by atoms with E-state index < -0.39 is 5.60 Å². The molecule has 0 bridgehead atoms. The highest BCUT2D eigenvalue weighted by Gasteiger charge is 2.21. The van der Waals surface area contributed by atoms with Gasteiger partial charge in [-0.2, -0.15) is 0 Å². The van der Waals surface area contributed by atoms with Gasteiger partial charge in [-0.15, -0.1) is 0 Å². The number of rotatable bonds is 8. The smallest absolute Gasteiger partial charge is 0.340 e. The van der Waals surface area contributed by atoms with Gasteiger partial charge in [0.2, 0.25) is 0 Å². The molecule has 0 atom stereocenters.